The van der Waals surface area contributed by atoms with Crippen LogP contribution in [-0.2, 0) is 4.79 Å². The zero-order valence-corrected chi connectivity index (χ0v) is 17.1. The van der Waals surface area contributed by atoms with Crippen molar-refractivity contribution in [3.8, 4) is 17.6 Å². The molecule has 8 nitrogen and oxygen atoms in total. The molecule has 30 heavy (non-hydrogen) atoms. The van der Waals surface area contributed by atoms with E-state index < -0.39 is 5.97 Å². The van der Waals surface area contributed by atoms with E-state index in [0.717, 1.165) is 11.8 Å². The van der Waals surface area contributed by atoms with Gasteiger partial charge in [-0.2, -0.15) is 5.26 Å². The van der Waals surface area contributed by atoms with Crippen LogP contribution in [0.4, 0.5) is 5.69 Å². The fraction of sp³-hybridized carbons (Fsp3) is 0.100. The molecule has 0 saturated carbocycles. The first kappa shape index (κ1) is 21.2. The second kappa shape index (κ2) is 9.35. The van der Waals surface area contributed by atoms with Gasteiger partial charge in [0.25, 0.3) is 5.91 Å². The van der Waals surface area contributed by atoms with Crippen LogP contribution in [0, 0.1) is 11.3 Å². The van der Waals surface area contributed by atoms with Crippen LogP contribution < -0.4 is 14.8 Å². The number of amidine groups is 1. The van der Waals surface area contributed by atoms with Gasteiger partial charge in [-0.15, -0.1) is 0 Å². The molecule has 1 fully saturated rings. The summed E-state index contributed by atoms with van der Waals surface area (Å²) in [6.45, 7) is -0.108. The number of carbonyl (C=O) groups excluding carboxylic acids is 1. The van der Waals surface area contributed by atoms with E-state index in [-0.39, 0.29) is 23.1 Å². The third-order valence-electron chi connectivity index (χ3n) is 3.84. The smallest absolute Gasteiger partial charge is 0.337 e. The lowest BCUT2D eigenvalue weighted by Crippen LogP contribution is -2.19. The normalized spacial score (nSPS) is 15.7. The largest absolute Gasteiger partial charge is 0.493 e. The number of hydrogen-bond acceptors (Lipinski definition) is 7. The monoisotopic (exact) mass is 443 g/mol. The van der Waals surface area contributed by atoms with Gasteiger partial charge in [0.15, 0.2) is 23.3 Å². The minimum Gasteiger partial charge on any atom is -0.493 e. The lowest BCUT2D eigenvalue weighted by atomic mass is 10.2. The van der Waals surface area contributed by atoms with Crippen molar-refractivity contribution in [3.05, 3.63) is 57.5 Å². The Morgan fingerprint density at radius 1 is 1.33 bits per heavy atom. The van der Waals surface area contributed by atoms with Gasteiger partial charge in [-0.25, -0.2) is 9.79 Å². The maximum atomic E-state index is 12.3. The average molecular weight is 444 g/mol. The predicted octanol–water partition coefficient (Wildman–Crippen LogP) is 3.84. The SMILES string of the molecule is COc1cc(/C=C2\SC(=Nc3ccc(Cl)c(C(=O)O)c3)NC2=O)ccc1OCC#N. The number of carboxylic acid groups (broad SMARTS) is 1. The molecule has 0 spiro atoms. The highest BCUT2D eigenvalue weighted by atomic mass is 35.5. The number of nitriles is 1. The quantitative estimate of drug-likeness (QED) is 0.650. The van der Waals surface area contributed by atoms with Gasteiger partial charge in [0, 0.05) is 0 Å². The first-order chi connectivity index (χ1) is 14.4. The molecule has 1 saturated heterocycles. The van der Waals surface area contributed by atoms with Crippen LogP contribution in [0.5, 0.6) is 11.5 Å². The summed E-state index contributed by atoms with van der Waals surface area (Å²) < 4.78 is 10.5. The molecule has 0 bridgehead atoms. The highest BCUT2D eigenvalue weighted by Gasteiger charge is 2.24. The van der Waals surface area contributed by atoms with Gasteiger partial charge in [0.1, 0.15) is 6.07 Å². The summed E-state index contributed by atoms with van der Waals surface area (Å²) in [4.78, 5) is 28.2. The molecule has 1 amide bonds. The topological polar surface area (TPSA) is 121 Å². The number of methoxy groups -OCH3 is 1. The number of benzene rings is 2. The van der Waals surface area contributed by atoms with Gasteiger partial charge in [-0.05, 0) is 53.7 Å². The zero-order chi connectivity index (χ0) is 21.7. The number of carbonyl (C=O) groups is 2. The van der Waals surface area contributed by atoms with Crippen LogP contribution in [0.2, 0.25) is 5.02 Å². The number of ether oxygens (including phenoxy) is 2. The summed E-state index contributed by atoms with van der Waals surface area (Å²) in [5.41, 5.74) is 0.964. The van der Waals surface area contributed by atoms with Crippen molar-refractivity contribution in [2.24, 2.45) is 4.99 Å². The van der Waals surface area contributed by atoms with E-state index in [1.165, 1.54) is 19.2 Å². The maximum absolute atomic E-state index is 12.3. The standard InChI is InChI=1S/C20H14ClN3O5S/c1-28-16-8-11(2-5-15(16)29-7-6-22)9-17-18(25)24-20(30-17)23-12-3-4-14(21)13(10-12)19(26)27/h2-5,8-10H,7H2,1H3,(H,26,27)(H,23,24,25)/b17-9-. The number of thioether (sulfide) groups is 1. The summed E-state index contributed by atoms with van der Waals surface area (Å²) >= 11 is 6.97. The van der Waals surface area contributed by atoms with Crippen molar-refractivity contribution in [2.75, 3.05) is 13.7 Å². The molecule has 3 rings (SSSR count). The van der Waals surface area contributed by atoms with Crippen molar-refractivity contribution in [2.45, 2.75) is 0 Å². The number of amides is 1. The second-order valence-corrected chi connectivity index (χ2v) is 7.25. The van der Waals surface area contributed by atoms with E-state index in [2.05, 4.69) is 10.3 Å². The van der Waals surface area contributed by atoms with Crippen molar-refractivity contribution in [3.63, 3.8) is 0 Å². The average Bonchev–Trinajstić information content (AvgIpc) is 3.06. The molecule has 0 aliphatic carbocycles. The molecule has 2 aromatic carbocycles. The van der Waals surface area contributed by atoms with Crippen LogP contribution in [0.1, 0.15) is 15.9 Å². The van der Waals surface area contributed by atoms with Crippen LogP contribution in [0.15, 0.2) is 46.3 Å². The summed E-state index contributed by atoms with van der Waals surface area (Å²) in [5.74, 6) is -0.653. The Balaban J connectivity index is 1.83. The summed E-state index contributed by atoms with van der Waals surface area (Å²) in [5, 5.41) is 20.8. The molecule has 1 aliphatic rings. The third-order valence-corrected chi connectivity index (χ3v) is 5.08. The predicted molar refractivity (Wildman–Crippen MR) is 113 cm³/mol. The van der Waals surface area contributed by atoms with Crippen LogP contribution in [0.25, 0.3) is 6.08 Å². The molecule has 2 aromatic rings. The number of carboxylic acids is 1. The number of aliphatic imine (C=N–C) groups is 1. The van der Waals surface area contributed by atoms with E-state index in [4.69, 9.17) is 31.4 Å². The first-order valence-corrected chi connectivity index (χ1v) is 9.61. The number of nitrogens with one attached hydrogen (secondary N) is 1. The second-order valence-electron chi connectivity index (χ2n) is 5.81. The van der Waals surface area contributed by atoms with E-state index in [1.807, 2.05) is 6.07 Å². The van der Waals surface area contributed by atoms with Crippen molar-refractivity contribution in [1.82, 2.24) is 5.32 Å². The molecular weight excluding hydrogens is 430 g/mol. The van der Waals surface area contributed by atoms with Crippen LogP contribution >= 0.6 is 23.4 Å². The van der Waals surface area contributed by atoms with Gasteiger partial charge < -0.3 is 19.9 Å². The molecular formula is C20H14ClN3O5S. The minimum atomic E-state index is -1.16. The molecule has 152 valence electrons. The van der Waals surface area contributed by atoms with Gasteiger partial charge in [-0.3, -0.25) is 4.79 Å². The van der Waals surface area contributed by atoms with E-state index in [0.29, 0.717) is 32.8 Å². The van der Waals surface area contributed by atoms with Crippen LogP contribution in [0.3, 0.4) is 0 Å². The highest BCUT2D eigenvalue weighted by molar-refractivity contribution is 8.18. The van der Waals surface area contributed by atoms with Crippen molar-refractivity contribution in [1.29, 1.82) is 5.26 Å². The third kappa shape index (κ3) is 4.92. The molecule has 2 N–H and O–H groups in total. The maximum Gasteiger partial charge on any atom is 0.337 e. The Hall–Kier alpha value is -3.48. The fourth-order valence-corrected chi connectivity index (χ4v) is 3.54. The van der Waals surface area contributed by atoms with Crippen molar-refractivity contribution < 1.29 is 24.2 Å². The lowest BCUT2D eigenvalue weighted by molar-refractivity contribution is -0.115. The van der Waals surface area contributed by atoms with Gasteiger partial charge in [-0.1, -0.05) is 17.7 Å². The molecule has 1 aliphatic heterocycles. The summed E-state index contributed by atoms with van der Waals surface area (Å²) in [7, 11) is 1.48. The number of hydrogen-bond donors (Lipinski definition) is 2. The Morgan fingerprint density at radius 2 is 2.13 bits per heavy atom. The zero-order valence-electron chi connectivity index (χ0n) is 15.5. The molecule has 10 heteroatoms. The Bertz CT molecular complexity index is 1120. The van der Waals surface area contributed by atoms with E-state index in [1.54, 1.807) is 30.3 Å². The number of nitrogens with zero attached hydrogens (tertiary/aromatic N) is 2. The first-order valence-electron chi connectivity index (χ1n) is 8.41. The molecule has 0 unspecified atom stereocenters. The highest BCUT2D eigenvalue weighted by Crippen LogP contribution is 2.32. The van der Waals surface area contributed by atoms with Gasteiger partial charge in [0.05, 0.1) is 28.3 Å². The number of halogens is 1. The van der Waals surface area contributed by atoms with Gasteiger partial charge in [0.2, 0.25) is 0 Å². The van der Waals surface area contributed by atoms with Crippen molar-refractivity contribution >= 4 is 52.2 Å². The Morgan fingerprint density at radius 3 is 2.83 bits per heavy atom. The number of aromatic carboxylic acids is 1. The molecule has 0 aromatic heterocycles. The Kier molecular flexibility index (Phi) is 6.61. The van der Waals surface area contributed by atoms with Crippen LogP contribution in [-0.4, -0.2) is 35.9 Å². The summed E-state index contributed by atoms with van der Waals surface area (Å²) in [6, 6.07) is 11.3. The summed E-state index contributed by atoms with van der Waals surface area (Å²) in [6.07, 6.45) is 1.66. The van der Waals surface area contributed by atoms with E-state index in [9.17, 15) is 9.59 Å². The van der Waals surface area contributed by atoms with E-state index >= 15 is 0 Å². The molecule has 0 radical (unpaired) electrons. The lowest BCUT2D eigenvalue weighted by Gasteiger charge is -2.08. The Labute approximate surface area is 180 Å². The fourth-order valence-electron chi connectivity index (χ4n) is 2.50. The minimum absolute atomic E-state index is 0.0746. The van der Waals surface area contributed by atoms with Gasteiger partial charge >= 0.3 is 5.97 Å². The molecule has 0 atom stereocenters. The number of rotatable bonds is 6. The molecule has 1 heterocycles.